The van der Waals surface area contributed by atoms with Gasteiger partial charge in [0.25, 0.3) is 5.91 Å². The van der Waals surface area contributed by atoms with Crippen LogP contribution in [-0.4, -0.2) is 29.7 Å². The van der Waals surface area contributed by atoms with Crippen molar-refractivity contribution in [2.45, 2.75) is 38.6 Å². The number of nitrogens with two attached hydrogens (primary N) is 1. The second-order valence-electron chi connectivity index (χ2n) is 4.84. The Hall–Kier alpha value is -1.39. The minimum absolute atomic E-state index is 0.0446. The molecule has 0 aromatic heterocycles. The lowest BCUT2D eigenvalue weighted by Crippen LogP contribution is -2.50. The van der Waals surface area contributed by atoms with E-state index in [0.717, 1.165) is 12.0 Å². The monoisotopic (exact) mass is 264 g/mol. The highest BCUT2D eigenvalue weighted by atomic mass is 16.3. The van der Waals surface area contributed by atoms with Gasteiger partial charge in [0.1, 0.15) is 0 Å². The third-order valence-electron chi connectivity index (χ3n) is 3.68. The van der Waals surface area contributed by atoms with Crippen LogP contribution in [0.1, 0.15) is 42.6 Å². The average Bonchev–Trinajstić information content (AvgIpc) is 2.46. The summed E-state index contributed by atoms with van der Waals surface area (Å²) >= 11 is 0. The lowest BCUT2D eigenvalue weighted by atomic mass is 9.93. The predicted octanol–water partition coefficient (Wildman–Crippen LogP) is 1.47. The molecule has 0 fully saturated rings. The fourth-order valence-electron chi connectivity index (χ4n) is 1.99. The van der Waals surface area contributed by atoms with Gasteiger partial charge < -0.3 is 16.2 Å². The standard InChI is InChI=1S/C15H24N2O2/c1-3-15(4-2,11-18)17-14(19)13-7-5-12(6-8-13)9-10-16/h5-8,18H,3-4,9-11,16H2,1-2H3,(H,17,19). The highest BCUT2D eigenvalue weighted by Gasteiger charge is 2.27. The molecule has 1 rings (SSSR count). The first-order valence-corrected chi connectivity index (χ1v) is 6.83. The molecule has 4 N–H and O–H groups in total. The van der Waals surface area contributed by atoms with Gasteiger partial charge in [-0.25, -0.2) is 0 Å². The molecule has 0 aliphatic carbocycles. The number of nitrogens with one attached hydrogen (secondary N) is 1. The van der Waals surface area contributed by atoms with Gasteiger partial charge in [0.2, 0.25) is 0 Å². The zero-order valence-electron chi connectivity index (χ0n) is 11.8. The molecular weight excluding hydrogens is 240 g/mol. The van der Waals surface area contributed by atoms with Gasteiger partial charge in [-0.15, -0.1) is 0 Å². The van der Waals surface area contributed by atoms with Crippen LogP contribution in [0.2, 0.25) is 0 Å². The van der Waals surface area contributed by atoms with Crippen molar-refractivity contribution in [1.29, 1.82) is 0 Å². The summed E-state index contributed by atoms with van der Waals surface area (Å²) < 4.78 is 0. The van der Waals surface area contributed by atoms with E-state index >= 15 is 0 Å². The Labute approximate surface area is 115 Å². The van der Waals surface area contributed by atoms with Gasteiger partial charge in [0.15, 0.2) is 0 Å². The predicted molar refractivity (Wildman–Crippen MR) is 77.1 cm³/mol. The van der Waals surface area contributed by atoms with E-state index in [4.69, 9.17) is 5.73 Å². The molecule has 4 nitrogen and oxygen atoms in total. The molecule has 0 spiro atoms. The number of carbonyl (C=O) groups excluding carboxylic acids is 1. The van der Waals surface area contributed by atoms with E-state index in [2.05, 4.69) is 5.32 Å². The highest BCUT2D eigenvalue weighted by Crippen LogP contribution is 2.15. The van der Waals surface area contributed by atoms with Crippen molar-refractivity contribution in [3.63, 3.8) is 0 Å². The lowest BCUT2D eigenvalue weighted by Gasteiger charge is -2.30. The topological polar surface area (TPSA) is 75.3 Å². The smallest absolute Gasteiger partial charge is 0.251 e. The first-order valence-electron chi connectivity index (χ1n) is 6.83. The summed E-state index contributed by atoms with van der Waals surface area (Å²) in [5.41, 5.74) is 6.70. The highest BCUT2D eigenvalue weighted by molar-refractivity contribution is 5.94. The molecule has 19 heavy (non-hydrogen) atoms. The average molecular weight is 264 g/mol. The zero-order chi connectivity index (χ0) is 14.3. The number of amides is 1. The molecule has 106 valence electrons. The maximum Gasteiger partial charge on any atom is 0.251 e. The van der Waals surface area contributed by atoms with Crippen LogP contribution in [0.5, 0.6) is 0 Å². The van der Waals surface area contributed by atoms with Crippen molar-refractivity contribution in [3.8, 4) is 0 Å². The minimum Gasteiger partial charge on any atom is -0.394 e. The first kappa shape index (κ1) is 15.7. The number of rotatable bonds is 7. The molecule has 1 aromatic rings. The molecule has 0 bridgehead atoms. The van der Waals surface area contributed by atoms with Crippen LogP contribution in [0.15, 0.2) is 24.3 Å². The van der Waals surface area contributed by atoms with Gasteiger partial charge >= 0.3 is 0 Å². The van der Waals surface area contributed by atoms with E-state index in [1.807, 2.05) is 26.0 Å². The molecule has 0 atom stereocenters. The van der Waals surface area contributed by atoms with E-state index in [9.17, 15) is 9.90 Å². The van der Waals surface area contributed by atoms with Gasteiger partial charge in [0, 0.05) is 5.56 Å². The number of aliphatic hydroxyl groups is 1. The Kier molecular flexibility index (Phi) is 5.99. The van der Waals surface area contributed by atoms with E-state index in [-0.39, 0.29) is 12.5 Å². The van der Waals surface area contributed by atoms with Crippen molar-refractivity contribution in [2.24, 2.45) is 5.73 Å². The van der Waals surface area contributed by atoms with Crippen LogP contribution in [-0.2, 0) is 6.42 Å². The summed E-state index contributed by atoms with van der Waals surface area (Å²) in [6.07, 6.45) is 2.22. The summed E-state index contributed by atoms with van der Waals surface area (Å²) in [6, 6.07) is 7.43. The van der Waals surface area contributed by atoms with Crippen molar-refractivity contribution in [2.75, 3.05) is 13.2 Å². The van der Waals surface area contributed by atoms with Gasteiger partial charge in [-0.1, -0.05) is 26.0 Å². The molecule has 0 radical (unpaired) electrons. The number of benzene rings is 1. The van der Waals surface area contributed by atoms with Crippen LogP contribution in [0.3, 0.4) is 0 Å². The second-order valence-corrected chi connectivity index (χ2v) is 4.84. The van der Waals surface area contributed by atoms with Crippen LogP contribution in [0, 0.1) is 0 Å². The summed E-state index contributed by atoms with van der Waals surface area (Å²) in [5.74, 6) is -0.142. The Morgan fingerprint density at radius 3 is 2.26 bits per heavy atom. The van der Waals surface area contributed by atoms with Gasteiger partial charge in [-0.2, -0.15) is 0 Å². The quantitative estimate of drug-likeness (QED) is 0.698. The number of carbonyl (C=O) groups is 1. The Balaban J connectivity index is 2.77. The molecule has 0 unspecified atom stereocenters. The van der Waals surface area contributed by atoms with Gasteiger partial charge in [-0.3, -0.25) is 4.79 Å². The molecular formula is C15H24N2O2. The van der Waals surface area contributed by atoms with Crippen molar-refractivity contribution >= 4 is 5.91 Å². The van der Waals surface area contributed by atoms with Crippen molar-refractivity contribution in [3.05, 3.63) is 35.4 Å². The SMILES string of the molecule is CCC(CC)(CO)NC(=O)c1ccc(CCN)cc1. The summed E-state index contributed by atoms with van der Waals surface area (Å²) in [6.45, 7) is 4.48. The molecule has 1 aromatic carbocycles. The maximum absolute atomic E-state index is 12.2. The molecule has 0 saturated carbocycles. The molecule has 1 amide bonds. The number of hydrogen-bond donors (Lipinski definition) is 3. The zero-order valence-corrected chi connectivity index (χ0v) is 11.8. The Bertz CT molecular complexity index is 389. The molecule has 0 aliphatic rings. The van der Waals surface area contributed by atoms with E-state index in [1.54, 1.807) is 12.1 Å². The molecule has 0 heterocycles. The van der Waals surface area contributed by atoms with Gasteiger partial charge in [0.05, 0.1) is 12.1 Å². The fourth-order valence-corrected chi connectivity index (χ4v) is 1.99. The van der Waals surface area contributed by atoms with Crippen LogP contribution in [0.25, 0.3) is 0 Å². The number of hydrogen-bond acceptors (Lipinski definition) is 3. The molecule has 0 saturated heterocycles. The Morgan fingerprint density at radius 2 is 1.84 bits per heavy atom. The Morgan fingerprint density at radius 1 is 1.26 bits per heavy atom. The van der Waals surface area contributed by atoms with Crippen molar-refractivity contribution < 1.29 is 9.90 Å². The molecule has 4 heteroatoms. The van der Waals surface area contributed by atoms with E-state index < -0.39 is 5.54 Å². The van der Waals surface area contributed by atoms with Crippen LogP contribution < -0.4 is 11.1 Å². The van der Waals surface area contributed by atoms with Crippen LogP contribution in [0.4, 0.5) is 0 Å². The lowest BCUT2D eigenvalue weighted by molar-refractivity contribution is 0.0818. The largest absolute Gasteiger partial charge is 0.394 e. The molecule has 0 aliphatic heterocycles. The summed E-state index contributed by atoms with van der Waals surface area (Å²) in [4.78, 5) is 12.2. The van der Waals surface area contributed by atoms with Crippen LogP contribution >= 0.6 is 0 Å². The fraction of sp³-hybridized carbons (Fsp3) is 0.533. The third-order valence-corrected chi connectivity index (χ3v) is 3.68. The third kappa shape index (κ3) is 4.04. The number of aliphatic hydroxyl groups excluding tert-OH is 1. The minimum atomic E-state index is -0.521. The van der Waals surface area contributed by atoms with E-state index in [0.29, 0.717) is 24.9 Å². The van der Waals surface area contributed by atoms with Crippen molar-refractivity contribution in [1.82, 2.24) is 5.32 Å². The summed E-state index contributed by atoms with van der Waals surface area (Å²) in [7, 11) is 0. The summed E-state index contributed by atoms with van der Waals surface area (Å²) in [5, 5.41) is 12.4. The maximum atomic E-state index is 12.2. The van der Waals surface area contributed by atoms with Gasteiger partial charge in [-0.05, 0) is 43.5 Å². The second kappa shape index (κ2) is 7.26. The first-order chi connectivity index (χ1) is 9.10. The van der Waals surface area contributed by atoms with E-state index in [1.165, 1.54) is 0 Å². The normalized spacial score (nSPS) is 11.4.